The van der Waals surface area contributed by atoms with Crippen molar-refractivity contribution in [3.8, 4) is 0 Å². The van der Waals surface area contributed by atoms with Gasteiger partial charge in [0.2, 0.25) is 5.91 Å². The summed E-state index contributed by atoms with van der Waals surface area (Å²) < 4.78 is 6.41. The molecular weight excluding hydrogens is 396 g/mol. The molecule has 1 aliphatic heterocycles. The second kappa shape index (κ2) is 8.17. The van der Waals surface area contributed by atoms with E-state index in [1.54, 1.807) is 16.4 Å². The van der Waals surface area contributed by atoms with Gasteiger partial charge in [0.05, 0.1) is 20.0 Å². The topological polar surface area (TPSA) is 93.5 Å². The Hall–Kier alpha value is -3.16. The minimum atomic E-state index is -1.17. The third kappa shape index (κ3) is 3.49. The molecule has 1 aromatic carbocycles. The summed E-state index contributed by atoms with van der Waals surface area (Å²) >= 11 is 0. The van der Waals surface area contributed by atoms with Crippen molar-refractivity contribution in [3.63, 3.8) is 0 Å². The van der Waals surface area contributed by atoms with Crippen LogP contribution in [0.5, 0.6) is 0 Å². The van der Waals surface area contributed by atoms with Crippen LogP contribution in [0.1, 0.15) is 66.1 Å². The molecule has 0 saturated heterocycles. The average molecular weight is 425 g/mol. The number of hydrogen-bond donors (Lipinski definition) is 1. The largest absolute Gasteiger partial charge is 0.464 e. The number of nitrogens with zero attached hydrogens (tertiary/aromatic N) is 3. The maximum absolute atomic E-state index is 13.8. The summed E-state index contributed by atoms with van der Waals surface area (Å²) in [4.78, 5) is 45.3. The molecule has 0 unspecified atom stereocenters. The van der Waals surface area contributed by atoms with Gasteiger partial charge in [-0.25, -0.2) is 9.78 Å². The van der Waals surface area contributed by atoms with Crippen LogP contribution in [0.25, 0.3) is 0 Å². The highest BCUT2D eigenvalue weighted by Gasteiger charge is 2.50. The van der Waals surface area contributed by atoms with Crippen molar-refractivity contribution in [2.24, 2.45) is 0 Å². The normalized spacial score (nSPS) is 21.1. The van der Waals surface area contributed by atoms with Gasteiger partial charge in [0.15, 0.2) is 5.69 Å². The monoisotopic (exact) mass is 424 g/mol. The van der Waals surface area contributed by atoms with Crippen LogP contribution in [0.15, 0.2) is 30.6 Å². The summed E-state index contributed by atoms with van der Waals surface area (Å²) in [6, 6.07) is 7.69. The number of imidazole rings is 1. The fraction of sp³-hybridized carbons (Fsp3) is 0.478. The summed E-state index contributed by atoms with van der Waals surface area (Å²) in [6.07, 6.45) is 6.22. The Bertz CT molecular complexity index is 1020. The lowest BCUT2D eigenvalue weighted by Crippen LogP contribution is -2.65. The van der Waals surface area contributed by atoms with Gasteiger partial charge in [-0.05, 0) is 37.8 Å². The standard InChI is InChI=1S/C23H28N4O4/c1-4-15-9-5-8-12-17(15)27-20(28)19-18(21(29)31-3)24-14-26(19)13-23(27,2)22(30)25-16-10-6-7-11-16/h5,8-9,12,14,16H,4,6-7,10-11,13H2,1-3H3,(H,25,30)/t23-/m0/s1. The van der Waals surface area contributed by atoms with Gasteiger partial charge in [-0.2, -0.15) is 0 Å². The molecule has 1 fully saturated rings. The molecule has 0 radical (unpaired) electrons. The lowest BCUT2D eigenvalue weighted by atomic mass is 9.91. The number of carbonyl (C=O) groups excluding carboxylic acids is 3. The highest BCUT2D eigenvalue weighted by molar-refractivity contribution is 6.15. The number of carbonyl (C=O) groups is 3. The van der Waals surface area contributed by atoms with Crippen molar-refractivity contribution >= 4 is 23.5 Å². The quantitative estimate of drug-likeness (QED) is 0.745. The molecule has 2 heterocycles. The Morgan fingerprint density at radius 3 is 2.65 bits per heavy atom. The van der Waals surface area contributed by atoms with E-state index in [0.717, 1.165) is 31.2 Å². The molecule has 2 aliphatic rings. The molecule has 2 amide bonds. The van der Waals surface area contributed by atoms with Crippen molar-refractivity contribution in [1.29, 1.82) is 0 Å². The number of nitrogens with one attached hydrogen (secondary N) is 1. The maximum Gasteiger partial charge on any atom is 0.359 e. The fourth-order valence-electron chi connectivity index (χ4n) is 4.69. The van der Waals surface area contributed by atoms with E-state index in [0.29, 0.717) is 12.1 Å². The Morgan fingerprint density at radius 2 is 1.97 bits per heavy atom. The molecule has 8 nitrogen and oxygen atoms in total. The van der Waals surface area contributed by atoms with E-state index < -0.39 is 17.4 Å². The summed E-state index contributed by atoms with van der Waals surface area (Å²) in [5, 5.41) is 3.16. The summed E-state index contributed by atoms with van der Waals surface area (Å²) in [5.41, 5.74) is 0.547. The Labute approximate surface area is 181 Å². The van der Waals surface area contributed by atoms with Gasteiger partial charge in [-0.15, -0.1) is 0 Å². The van der Waals surface area contributed by atoms with Crippen LogP contribution < -0.4 is 10.2 Å². The van der Waals surface area contributed by atoms with Crippen LogP contribution in [-0.4, -0.2) is 46.0 Å². The number of rotatable bonds is 5. The van der Waals surface area contributed by atoms with Crippen molar-refractivity contribution in [1.82, 2.24) is 14.9 Å². The predicted octanol–water partition coefficient (Wildman–Crippen LogP) is 2.71. The van der Waals surface area contributed by atoms with Crippen molar-refractivity contribution in [2.45, 2.75) is 64.1 Å². The fourth-order valence-corrected chi connectivity index (χ4v) is 4.69. The number of fused-ring (bicyclic) bond motifs is 1. The SMILES string of the molecule is CCc1ccccc1N1C(=O)c2c(C(=O)OC)ncn2C[C@@]1(C)C(=O)NC1CCCC1. The average Bonchev–Trinajstić information content (AvgIpc) is 3.43. The Balaban J connectivity index is 1.84. The zero-order valence-corrected chi connectivity index (χ0v) is 18.2. The van der Waals surface area contributed by atoms with Gasteiger partial charge in [0.1, 0.15) is 11.2 Å². The number of ether oxygens (including phenoxy) is 1. The minimum absolute atomic E-state index is 0.0373. The second-order valence-corrected chi connectivity index (χ2v) is 8.41. The molecule has 31 heavy (non-hydrogen) atoms. The van der Waals surface area contributed by atoms with Crippen LogP contribution in [-0.2, 0) is 22.5 Å². The molecule has 1 saturated carbocycles. The molecule has 164 valence electrons. The third-order valence-corrected chi connectivity index (χ3v) is 6.39. The molecule has 2 aromatic rings. The van der Waals surface area contributed by atoms with Crippen LogP contribution in [0.3, 0.4) is 0 Å². The zero-order valence-electron chi connectivity index (χ0n) is 18.2. The first-order valence-electron chi connectivity index (χ1n) is 10.8. The van der Waals surface area contributed by atoms with Crippen molar-refractivity contribution < 1.29 is 19.1 Å². The third-order valence-electron chi connectivity index (χ3n) is 6.39. The molecule has 1 aromatic heterocycles. The van der Waals surface area contributed by atoms with Gasteiger partial charge in [0.25, 0.3) is 5.91 Å². The van der Waals surface area contributed by atoms with E-state index in [9.17, 15) is 14.4 Å². The molecule has 0 bridgehead atoms. The molecule has 8 heteroatoms. The van der Waals surface area contributed by atoms with E-state index in [2.05, 4.69) is 10.3 Å². The number of benzene rings is 1. The number of anilines is 1. The van der Waals surface area contributed by atoms with E-state index in [1.807, 2.05) is 31.2 Å². The van der Waals surface area contributed by atoms with E-state index >= 15 is 0 Å². The second-order valence-electron chi connectivity index (χ2n) is 8.41. The van der Waals surface area contributed by atoms with Crippen molar-refractivity contribution in [3.05, 3.63) is 47.5 Å². The Morgan fingerprint density at radius 1 is 1.26 bits per heavy atom. The number of methoxy groups -OCH3 is 1. The van der Waals surface area contributed by atoms with Gasteiger partial charge < -0.3 is 14.6 Å². The van der Waals surface area contributed by atoms with Crippen LogP contribution in [0.2, 0.25) is 0 Å². The summed E-state index contributed by atoms with van der Waals surface area (Å²) in [5.74, 6) is -1.31. The lowest BCUT2D eigenvalue weighted by Gasteiger charge is -2.44. The molecule has 0 spiro atoms. The summed E-state index contributed by atoms with van der Waals surface area (Å²) in [6.45, 7) is 3.98. The molecule has 1 atom stereocenters. The Kier molecular flexibility index (Phi) is 5.56. The number of aromatic nitrogens is 2. The van der Waals surface area contributed by atoms with Crippen LogP contribution in [0.4, 0.5) is 5.69 Å². The number of esters is 1. The number of para-hydroxylation sites is 1. The van der Waals surface area contributed by atoms with E-state index in [-0.39, 0.29) is 29.9 Å². The summed E-state index contributed by atoms with van der Waals surface area (Å²) in [7, 11) is 1.25. The number of amides is 2. The van der Waals surface area contributed by atoms with Gasteiger partial charge in [-0.3, -0.25) is 14.5 Å². The predicted molar refractivity (Wildman–Crippen MR) is 115 cm³/mol. The maximum atomic E-state index is 13.8. The molecular formula is C23H28N4O4. The van der Waals surface area contributed by atoms with E-state index in [1.165, 1.54) is 13.4 Å². The molecule has 1 N–H and O–H groups in total. The van der Waals surface area contributed by atoms with Gasteiger partial charge >= 0.3 is 5.97 Å². The first-order chi connectivity index (χ1) is 14.9. The zero-order chi connectivity index (χ0) is 22.2. The highest BCUT2D eigenvalue weighted by Crippen LogP contribution is 2.36. The highest BCUT2D eigenvalue weighted by atomic mass is 16.5. The smallest absolute Gasteiger partial charge is 0.359 e. The number of hydrogen-bond acceptors (Lipinski definition) is 5. The van der Waals surface area contributed by atoms with Gasteiger partial charge in [-0.1, -0.05) is 38.0 Å². The number of aryl methyl sites for hydroxylation is 1. The first kappa shape index (κ1) is 21.1. The first-order valence-corrected chi connectivity index (χ1v) is 10.8. The van der Waals surface area contributed by atoms with Gasteiger partial charge in [0, 0.05) is 11.7 Å². The van der Waals surface area contributed by atoms with Crippen molar-refractivity contribution in [2.75, 3.05) is 12.0 Å². The van der Waals surface area contributed by atoms with Crippen LogP contribution in [0, 0.1) is 0 Å². The minimum Gasteiger partial charge on any atom is -0.464 e. The molecule has 4 rings (SSSR count). The molecule has 1 aliphatic carbocycles. The van der Waals surface area contributed by atoms with E-state index in [4.69, 9.17) is 4.74 Å². The van der Waals surface area contributed by atoms with Crippen LogP contribution >= 0.6 is 0 Å². The lowest BCUT2D eigenvalue weighted by molar-refractivity contribution is -0.127.